The van der Waals surface area contributed by atoms with Gasteiger partial charge in [0.15, 0.2) is 0 Å². The van der Waals surface area contributed by atoms with Crippen molar-refractivity contribution in [1.29, 1.82) is 5.26 Å². The minimum absolute atomic E-state index is 0.0216. The monoisotopic (exact) mass is 643 g/mol. The van der Waals surface area contributed by atoms with Crippen LogP contribution in [0.3, 0.4) is 0 Å². The van der Waals surface area contributed by atoms with Gasteiger partial charge in [-0.2, -0.15) is 9.57 Å². The molecule has 1 aromatic heterocycles. The maximum atomic E-state index is 14.4. The quantitative estimate of drug-likeness (QED) is 0.305. The Morgan fingerprint density at radius 1 is 0.913 bits per heavy atom. The van der Waals surface area contributed by atoms with E-state index < -0.39 is 27.8 Å². The number of benzene rings is 3. The maximum Gasteiger partial charge on any atom is 0.243 e. The van der Waals surface area contributed by atoms with Crippen LogP contribution in [0.1, 0.15) is 24.1 Å². The molecule has 46 heavy (non-hydrogen) atoms. The zero-order valence-corrected chi connectivity index (χ0v) is 25.6. The second-order valence-electron chi connectivity index (χ2n) is 11.1. The summed E-state index contributed by atoms with van der Waals surface area (Å²) >= 11 is 0. The zero-order valence-electron chi connectivity index (χ0n) is 24.8. The summed E-state index contributed by atoms with van der Waals surface area (Å²) < 4.78 is 55.6. The molecule has 0 spiro atoms. The number of anilines is 2. The molecule has 0 bridgehead atoms. The molecule has 0 aliphatic carbocycles. The highest BCUT2D eigenvalue weighted by atomic mass is 32.2. The predicted molar refractivity (Wildman–Crippen MR) is 168 cm³/mol. The normalized spacial score (nSPS) is 17.1. The van der Waals surface area contributed by atoms with Gasteiger partial charge in [0.1, 0.15) is 17.7 Å². The number of aromatic nitrogens is 2. The molecule has 2 fully saturated rings. The number of nitrogens with one attached hydrogen (secondary N) is 1. The summed E-state index contributed by atoms with van der Waals surface area (Å²) in [7, 11) is -4.01. The molecule has 1 amide bonds. The molecule has 2 aliphatic heterocycles. The minimum Gasteiger partial charge on any atom is -0.366 e. The van der Waals surface area contributed by atoms with E-state index >= 15 is 0 Å². The van der Waals surface area contributed by atoms with E-state index in [2.05, 4.69) is 11.4 Å². The first-order valence-corrected chi connectivity index (χ1v) is 16.3. The van der Waals surface area contributed by atoms with E-state index in [0.717, 1.165) is 22.0 Å². The summed E-state index contributed by atoms with van der Waals surface area (Å²) in [6.07, 6.45) is 0.863. The van der Waals surface area contributed by atoms with Crippen molar-refractivity contribution >= 4 is 27.6 Å². The number of para-hydroxylation sites is 1. The van der Waals surface area contributed by atoms with Gasteiger partial charge in [0.2, 0.25) is 21.9 Å². The molecule has 2 saturated heterocycles. The molecule has 3 aromatic carbocycles. The Morgan fingerprint density at radius 3 is 2.30 bits per heavy atom. The van der Waals surface area contributed by atoms with E-state index in [0.29, 0.717) is 67.6 Å². The third-order valence-corrected chi connectivity index (χ3v) is 10.1. The number of amides is 1. The van der Waals surface area contributed by atoms with Crippen molar-refractivity contribution in [3.8, 4) is 17.3 Å². The Labute approximate surface area is 266 Å². The highest BCUT2D eigenvalue weighted by molar-refractivity contribution is 7.89. The number of nitriles is 1. The van der Waals surface area contributed by atoms with Gasteiger partial charge in [0.05, 0.1) is 40.1 Å². The first-order valence-electron chi connectivity index (χ1n) is 14.9. The van der Waals surface area contributed by atoms with Crippen LogP contribution in [0.2, 0.25) is 0 Å². The number of sulfonamides is 1. The Morgan fingerprint density at radius 2 is 1.61 bits per heavy atom. The van der Waals surface area contributed by atoms with Gasteiger partial charge >= 0.3 is 0 Å². The van der Waals surface area contributed by atoms with Crippen LogP contribution in [0.4, 0.5) is 20.4 Å². The van der Waals surface area contributed by atoms with Crippen LogP contribution >= 0.6 is 0 Å². The molecule has 0 radical (unpaired) electrons. The molecule has 13 heteroatoms. The molecule has 2 aliphatic rings. The Kier molecular flexibility index (Phi) is 8.92. The largest absolute Gasteiger partial charge is 0.366 e. The van der Waals surface area contributed by atoms with Crippen molar-refractivity contribution in [3.63, 3.8) is 0 Å². The SMILES string of the molecule is N#Cc1ccc(-c2cc(CNC(=O)C3CCCN3S(=O)(=O)c3ccc(F)cc3)nc(N3CCN(c4ccccc4F)CC3)n2)cc1. The molecule has 1 unspecified atom stereocenters. The van der Waals surface area contributed by atoms with Gasteiger partial charge in [-0.3, -0.25) is 4.79 Å². The smallest absolute Gasteiger partial charge is 0.243 e. The van der Waals surface area contributed by atoms with Gasteiger partial charge < -0.3 is 15.1 Å². The lowest BCUT2D eigenvalue weighted by Crippen LogP contribution is -2.47. The lowest BCUT2D eigenvalue weighted by molar-refractivity contribution is -0.124. The van der Waals surface area contributed by atoms with Crippen molar-refractivity contribution in [2.45, 2.75) is 30.3 Å². The molecule has 3 heterocycles. The second kappa shape index (κ2) is 13.2. The molecule has 1 atom stereocenters. The fourth-order valence-corrected chi connectivity index (χ4v) is 7.42. The maximum absolute atomic E-state index is 14.4. The van der Waals surface area contributed by atoms with Crippen molar-refractivity contribution in [2.75, 3.05) is 42.5 Å². The number of hydrogen-bond donors (Lipinski definition) is 1. The fourth-order valence-electron chi connectivity index (χ4n) is 5.76. The molecular weight excluding hydrogens is 612 g/mol. The van der Waals surface area contributed by atoms with E-state index in [4.69, 9.17) is 9.97 Å². The number of rotatable bonds is 8. The fraction of sp³-hybridized carbons (Fsp3) is 0.273. The van der Waals surface area contributed by atoms with Crippen LogP contribution in [0.25, 0.3) is 11.3 Å². The van der Waals surface area contributed by atoms with Crippen molar-refractivity contribution in [2.24, 2.45) is 0 Å². The number of nitrogens with zero attached hydrogens (tertiary/aromatic N) is 6. The zero-order chi connectivity index (χ0) is 32.3. The van der Waals surface area contributed by atoms with Gasteiger partial charge in [-0.15, -0.1) is 0 Å². The second-order valence-corrected chi connectivity index (χ2v) is 13.0. The summed E-state index contributed by atoms with van der Waals surface area (Å²) in [5, 5.41) is 12.1. The van der Waals surface area contributed by atoms with Crippen LogP contribution < -0.4 is 15.1 Å². The Balaban J connectivity index is 1.21. The first-order chi connectivity index (χ1) is 22.2. The molecule has 4 aromatic rings. The minimum atomic E-state index is -4.01. The van der Waals surface area contributed by atoms with Crippen molar-refractivity contribution < 1.29 is 22.0 Å². The number of hydrogen-bond acceptors (Lipinski definition) is 8. The lowest BCUT2D eigenvalue weighted by Gasteiger charge is -2.36. The first kappa shape index (κ1) is 31.1. The van der Waals surface area contributed by atoms with Crippen LogP contribution in [-0.2, 0) is 21.4 Å². The Bertz CT molecular complexity index is 1870. The van der Waals surface area contributed by atoms with E-state index in [1.54, 1.807) is 48.5 Å². The number of halogens is 2. The van der Waals surface area contributed by atoms with Gasteiger partial charge in [-0.05, 0) is 67.4 Å². The summed E-state index contributed by atoms with van der Waals surface area (Å²) in [6.45, 7) is 2.38. The third kappa shape index (κ3) is 6.54. The lowest BCUT2D eigenvalue weighted by atomic mass is 10.1. The predicted octanol–water partition coefficient (Wildman–Crippen LogP) is 4.09. The van der Waals surface area contributed by atoms with Gasteiger partial charge in [0, 0.05) is 38.3 Å². The summed E-state index contributed by atoms with van der Waals surface area (Å²) in [5.41, 5.74) is 2.91. The molecule has 0 saturated carbocycles. The summed E-state index contributed by atoms with van der Waals surface area (Å²) in [6, 6.07) is 21.1. The van der Waals surface area contributed by atoms with Crippen LogP contribution in [0.5, 0.6) is 0 Å². The van der Waals surface area contributed by atoms with Gasteiger partial charge in [-0.1, -0.05) is 24.3 Å². The van der Waals surface area contributed by atoms with Crippen LogP contribution in [0.15, 0.2) is 83.8 Å². The Hall–Kier alpha value is -4.93. The number of piperazine rings is 1. The van der Waals surface area contributed by atoms with E-state index in [1.807, 2.05) is 9.80 Å². The molecule has 10 nitrogen and oxygen atoms in total. The summed E-state index contributed by atoms with van der Waals surface area (Å²) in [4.78, 5) is 26.8. The van der Waals surface area contributed by atoms with Crippen LogP contribution in [-0.4, -0.2) is 67.4 Å². The number of carbonyl (C=O) groups is 1. The molecule has 236 valence electrons. The van der Waals surface area contributed by atoms with Gasteiger partial charge in [0.25, 0.3) is 0 Å². The van der Waals surface area contributed by atoms with E-state index in [-0.39, 0.29) is 23.8 Å². The van der Waals surface area contributed by atoms with Crippen molar-refractivity contribution in [1.82, 2.24) is 19.6 Å². The highest BCUT2D eigenvalue weighted by Gasteiger charge is 2.39. The summed E-state index contributed by atoms with van der Waals surface area (Å²) in [5.74, 6) is -0.840. The standard InChI is InChI=1S/C33H31F2N7O3S/c34-25-11-13-27(14-12-25)46(44,45)42-15-3-6-31(42)32(43)37-22-26-20-29(24-9-7-23(21-36)8-10-24)39-33(38-26)41-18-16-40(17-19-41)30-5-2-1-4-28(30)35/h1-2,4-5,7-14,20,31H,3,6,15-19,22H2,(H,37,43). The average molecular weight is 644 g/mol. The molecule has 1 N–H and O–H groups in total. The average Bonchev–Trinajstić information content (AvgIpc) is 3.59. The van der Waals surface area contributed by atoms with E-state index in [1.165, 1.54) is 18.2 Å². The number of carbonyl (C=O) groups excluding carboxylic acids is 1. The van der Waals surface area contributed by atoms with Crippen LogP contribution in [0, 0.1) is 23.0 Å². The topological polar surface area (TPSA) is 123 Å². The highest BCUT2D eigenvalue weighted by Crippen LogP contribution is 2.28. The van der Waals surface area contributed by atoms with Gasteiger partial charge in [-0.25, -0.2) is 27.2 Å². The van der Waals surface area contributed by atoms with Crippen molar-refractivity contribution in [3.05, 3.63) is 102 Å². The van der Waals surface area contributed by atoms with E-state index in [9.17, 15) is 27.3 Å². The third-order valence-electron chi connectivity index (χ3n) is 8.20. The molecular formula is C33H31F2N7O3S. The molecule has 6 rings (SSSR count).